The van der Waals surface area contributed by atoms with Gasteiger partial charge in [0.15, 0.2) is 5.82 Å². The Kier molecular flexibility index (Phi) is 4.20. The van der Waals surface area contributed by atoms with Crippen molar-refractivity contribution in [3.8, 4) is 11.4 Å². The lowest BCUT2D eigenvalue weighted by molar-refractivity contribution is 0.0706. The molecule has 0 radical (unpaired) electrons. The molecule has 0 spiro atoms. The predicted molar refractivity (Wildman–Crippen MR) is 89.4 cm³/mol. The van der Waals surface area contributed by atoms with Crippen molar-refractivity contribution in [2.75, 3.05) is 0 Å². The molecule has 0 aliphatic rings. The first kappa shape index (κ1) is 19.7. The zero-order valence-electron chi connectivity index (χ0n) is 13.8. The maximum atomic E-state index is 13.0. The normalized spacial score (nSPS) is 14.2. The lowest BCUT2D eigenvalue weighted by Gasteiger charge is -2.40. The summed E-state index contributed by atoms with van der Waals surface area (Å²) in [7, 11) is -9.84. The van der Waals surface area contributed by atoms with E-state index in [9.17, 15) is 24.2 Å². The summed E-state index contributed by atoms with van der Waals surface area (Å²) < 4.78 is 66.3. The van der Waals surface area contributed by atoms with Crippen molar-refractivity contribution in [1.29, 1.82) is 0 Å². The zero-order valence-corrected chi connectivity index (χ0v) is 14.6. The number of halogens is 5. The minimum atomic E-state index is -9.84. The van der Waals surface area contributed by atoms with E-state index < -0.39 is 21.0 Å². The van der Waals surface area contributed by atoms with Crippen LogP contribution in [-0.4, -0.2) is 31.3 Å². The van der Waals surface area contributed by atoms with Gasteiger partial charge in [-0.15, -0.1) is 5.10 Å². The molecule has 2 N–H and O–H groups in total. The first-order chi connectivity index (χ1) is 12.9. The van der Waals surface area contributed by atoms with Crippen LogP contribution in [0.2, 0.25) is 0 Å². The number of carbonyl (C=O) groups is 1. The third kappa shape index (κ3) is 4.26. The summed E-state index contributed by atoms with van der Waals surface area (Å²) in [6, 6.07) is 8.47. The summed E-state index contributed by atoms with van der Waals surface area (Å²) in [5.41, 5.74) is 1.99. The van der Waals surface area contributed by atoms with Gasteiger partial charge in [-0.3, -0.25) is 10.0 Å². The fraction of sp³-hybridized carbons (Fsp3) is 0.0667. The SMILES string of the molecule is O=C(NO)c1ccc(Cn2nnnc2-c2cccc(S(F)(F)(F)(F)F)c2)cc1. The van der Waals surface area contributed by atoms with E-state index in [2.05, 4.69) is 15.5 Å². The molecule has 28 heavy (non-hydrogen) atoms. The fourth-order valence-corrected chi connectivity index (χ4v) is 3.08. The monoisotopic (exact) mass is 421 g/mol. The molecule has 13 heteroatoms. The number of aromatic nitrogens is 4. The molecule has 1 aromatic heterocycles. The van der Waals surface area contributed by atoms with Gasteiger partial charge in [0.1, 0.15) is 4.90 Å². The Morgan fingerprint density at radius 2 is 1.75 bits per heavy atom. The zero-order chi connectivity index (χ0) is 20.6. The molecular formula is C15H12F5N5O2S. The highest BCUT2D eigenvalue weighted by atomic mass is 32.5. The number of carbonyl (C=O) groups excluding carboxylic acids is 1. The smallest absolute Gasteiger partial charge is 0.288 e. The van der Waals surface area contributed by atoms with Gasteiger partial charge >= 0.3 is 10.2 Å². The fourth-order valence-electron chi connectivity index (χ4n) is 2.39. The number of hydrogen-bond donors (Lipinski definition) is 2. The molecule has 0 bridgehead atoms. The van der Waals surface area contributed by atoms with Gasteiger partial charge in [0.25, 0.3) is 5.91 Å². The van der Waals surface area contributed by atoms with Crippen LogP contribution in [0.4, 0.5) is 19.4 Å². The van der Waals surface area contributed by atoms with Gasteiger partial charge in [0.2, 0.25) is 0 Å². The maximum absolute atomic E-state index is 13.0. The van der Waals surface area contributed by atoms with Crippen molar-refractivity contribution >= 4 is 16.1 Å². The van der Waals surface area contributed by atoms with Gasteiger partial charge in [-0.1, -0.05) is 43.7 Å². The minimum absolute atomic E-state index is 0.00396. The highest BCUT2D eigenvalue weighted by molar-refractivity contribution is 8.45. The van der Waals surface area contributed by atoms with E-state index in [0.717, 1.165) is 10.7 Å². The van der Waals surface area contributed by atoms with Crippen molar-refractivity contribution in [3.05, 3.63) is 59.7 Å². The number of nitrogens with zero attached hydrogens (tertiary/aromatic N) is 4. The molecule has 0 aliphatic heterocycles. The van der Waals surface area contributed by atoms with Crippen LogP contribution in [0.3, 0.4) is 0 Å². The van der Waals surface area contributed by atoms with E-state index in [1.54, 1.807) is 0 Å². The average Bonchev–Trinajstić information content (AvgIpc) is 3.08. The number of nitrogens with one attached hydrogen (secondary N) is 1. The number of hydroxylamine groups is 1. The Morgan fingerprint density at radius 3 is 2.36 bits per heavy atom. The second-order valence-corrected chi connectivity index (χ2v) is 8.20. The van der Waals surface area contributed by atoms with Crippen LogP contribution in [0.5, 0.6) is 0 Å². The third-order valence-corrected chi connectivity index (χ3v) is 4.86. The van der Waals surface area contributed by atoms with Crippen LogP contribution >= 0.6 is 10.2 Å². The molecule has 150 valence electrons. The summed E-state index contributed by atoms with van der Waals surface area (Å²) in [5.74, 6) is -0.858. The van der Waals surface area contributed by atoms with E-state index >= 15 is 0 Å². The highest BCUT2D eigenvalue weighted by Crippen LogP contribution is 3.02. The van der Waals surface area contributed by atoms with E-state index in [1.165, 1.54) is 35.8 Å². The minimum Gasteiger partial charge on any atom is -0.288 e. The summed E-state index contributed by atoms with van der Waals surface area (Å²) >= 11 is 0. The van der Waals surface area contributed by atoms with Gasteiger partial charge in [0.05, 0.1) is 6.54 Å². The van der Waals surface area contributed by atoms with Crippen LogP contribution in [-0.2, 0) is 6.54 Å². The molecule has 0 saturated heterocycles. The standard InChI is InChI=1S/C15H12F5N5O2S/c16-28(17,18,19,20)13-3-1-2-12(8-13)14-21-23-24-25(14)9-10-4-6-11(7-5-10)15(26)22-27/h1-8,27H,9H2,(H,22,26). The van der Waals surface area contributed by atoms with Crippen molar-refractivity contribution in [2.24, 2.45) is 0 Å². The third-order valence-electron chi connectivity index (χ3n) is 3.72. The summed E-state index contributed by atoms with van der Waals surface area (Å²) in [5, 5.41) is 19.3. The van der Waals surface area contributed by atoms with Gasteiger partial charge < -0.3 is 0 Å². The molecule has 1 amide bonds. The van der Waals surface area contributed by atoms with E-state index in [0.29, 0.717) is 17.7 Å². The van der Waals surface area contributed by atoms with E-state index in [-0.39, 0.29) is 23.5 Å². The molecule has 3 aromatic rings. The quantitative estimate of drug-likeness (QED) is 0.367. The Bertz CT molecular complexity index is 1040. The summed E-state index contributed by atoms with van der Waals surface area (Å²) in [6.45, 7) is 0.00396. The van der Waals surface area contributed by atoms with Gasteiger partial charge in [-0.2, -0.15) is 0 Å². The maximum Gasteiger partial charge on any atom is 0.310 e. The molecular weight excluding hydrogens is 409 g/mol. The van der Waals surface area contributed by atoms with Crippen molar-refractivity contribution < 1.29 is 29.4 Å². The average molecular weight is 421 g/mol. The van der Waals surface area contributed by atoms with E-state index in [4.69, 9.17) is 5.21 Å². The molecule has 0 aliphatic carbocycles. The molecule has 3 rings (SSSR count). The van der Waals surface area contributed by atoms with Crippen LogP contribution in [0, 0.1) is 0 Å². The Labute approximate surface area is 154 Å². The van der Waals surface area contributed by atoms with Gasteiger partial charge in [-0.25, -0.2) is 10.2 Å². The van der Waals surface area contributed by atoms with Crippen molar-refractivity contribution in [2.45, 2.75) is 11.4 Å². The number of tetrazole rings is 1. The van der Waals surface area contributed by atoms with Crippen LogP contribution in [0.15, 0.2) is 53.4 Å². The van der Waals surface area contributed by atoms with Gasteiger partial charge in [-0.05, 0) is 40.3 Å². The van der Waals surface area contributed by atoms with Crippen molar-refractivity contribution in [1.82, 2.24) is 25.7 Å². The number of amides is 1. The lowest BCUT2D eigenvalue weighted by Crippen LogP contribution is -2.18. The molecule has 1 heterocycles. The largest absolute Gasteiger partial charge is 0.310 e. The molecule has 0 unspecified atom stereocenters. The first-order valence-electron chi connectivity index (χ1n) is 7.51. The molecule has 0 saturated carbocycles. The van der Waals surface area contributed by atoms with Crippen LogP contribution in [0.25, 0.3) is 11.4 Å². The van der Waals surface area contributed by atoms with Crippen LogP contribution in [0.1, 0.15) is 15.9 Å². The Hall–Kier alpha value is -3.06. The highest BCUT2D eigenvalue weighted by Gasteiger charge is 2.65. The van der Waals surface area contributed by atoms with Gasteiger partial charge in [0, 0.05) is 11.1 Å². The molecule has 2 aromatic carbocycles. The molecule has 7 nitrogen and oxygen atoms in total. The summed E-state index contributed by atoms with van der Waals surface area (Å²) in [6.07, 6.45) is 0. The topological polar surface area (TPSA) is 92.9 Å². The Balaban J connectivity index is 1.92. The van der Waals surface area contributed by atoms with E-state index in [1.807, 2.05) is 0 Å². The summed E-state index contributed by atoms with van der Waals surface area (Å²) in [4.78, 5) is 9.26. The van der Waals surface area contributed by atoms with Crippen LogP contribution < -0.4 is 5.48 Å². The van der Waals surface area contributed by atoms with Crippen molar-refractivity contribution in [3.63, 3.8) is 0 Å². The second-order valence-electron chi connectivity index (χ2n) is 5.79. The molecule has 0 atom stereocenters. The molecule has 0 fully saturated rings. The predicted octanol–water partition coefficient (Wildman–Crippen LogP) is 4.16. The Morgan fingerprint density at radius 1 is 1.07 bits per heavy atom. The first-order valence-corrected chi connectivity index (χ1v) is 9.46. The number of hydrogen-bond acceptors (Lipinski definition) is 5. The number of rotatable bonds is 5. The number of benzene rings is 2. The second kappa shape index (κ2) is 5.97. The lowest BCUT2D eigenvalue weighted by atomic mass is 10.1.